The molecule has 1 amide bonds. The monoisotopic (exact) mass is 332 g/mol. The van der Waals surface area contributed by atoms with E-state index in [1.807, 2.05) is 24.6 Å². The zero-order valence-electron chi connectivity index (χ0n) is 13.6. The highest BCUT2D eigenvalue weighted by Gasteiger charge is 2.12. The van der Waals surface area contributed by atoms with Gasteiger partial charge in [0.1, 0.15) is 5.69 Å². The fourth-order valence-electron chi connectivity index (χ4n) is 2.95. The van der Waals surface area contributed by atoms with Crippen molar-refractivity contribution in [1.29, 1.82) is 0 Å². The van der Waals surface area contributed by atoms with E-state index in [9.17, 15) is 4.79 Å². The Morgan fingerprint density at radius 3 is 2.83 bits per heavy atom. The van der Waals surface area contributed by atoms with Gasteiger partial charge in [-0.05, 0) is 38.9 Å². The number of hydrogen-bond donors (Lipinski definition) is 2. The molecule has 23 heavy (non-hydrogen) atoms. The summed E-state index contributed by atoms with van der Waals surface area (Å²) >= 11 is 1.62. The molecule has 6 heteroatoms. The van der Waals surface area contributed by atoms with Gasteiger partial charge in [0.2, 0.25) is 0 Å². The molecule has 2 aromatic heterocycles. The maximum Gasteiger partial charge on any atom is 0.267 e. The lowest BCUT2D eigenvalue weighted by Gasteiger charge is -2.19. The van der Waals surface area contributed by atoms with E-state index in [2.05, 4.69) is 20.2 Å². The van der Waals surface area contributed by atoms with Gasteiger partial charge in [0, 0.05) is 30.2 Å². The first kappa shape index (κ1) is 16.2. The minimum Gasteiger partial charge on any atom is -0.357 e. The quantitative estimate of drug-likeness (QED) is 0.884. The smallest absolute Gasteiger partial charge is 0.267 e. The number of aromatic amines is 1. The van der Waals surface area contributed by atoms with Gasteiger partial charge in [0.15, 0.2) is 0 Å². The number of likely N-dealkylation sites (tertiary alicyclic amines) is 1. The molecule has 0 aliphatic carbocycles. The highest BCUT2D eigenvalue weighted by atomic mass is 32.1. The zero-order valence-corrected chi connectivity index (χ0v) is 14.4. The van der Waals surface area contributed by atoms with E-state index in [1.54, 1.807) is 11.3 Å². The van der Waals surface area contributed by atoms with Crippen LogP contribution in [0, 0.1) is 6.92 Å². The summed E-state index contributed by atoms with van der Waals surface area (Å²) in [5.41, 5.74) is 2.49. The molecule has 124 valence electrons. The lowest BCUT2D eigenvalue weighted by Crippen LogP contribution is -2.35. The SMILES string of the molecule is Cc1nc(-c2c[nH]c(C(=O)NCCN3CCCCCC3)c2)cs1. The van der Waals surface area contributed by atoms with Crippen LogP contribution < -0.4 is 5.32 Å². The third kappa shape index (κ3) is 4.42. The molecular formula is C17H24N4OS. The summed E-state index contributed by atoms with van der Waals surface area (Å²) in [7, 11) is 0. The van der Waals surface area contributed by atoms with E-state index in [-0.39, 0.29) is 5.91 Å². The average molecular weight is 332 g/mol. The molecule has 0 saturated carbocycles. The molecule has 0 atom stereocenters. The van der Waals surface area contributed by atoms with Crippen LogP contribution in [0.2, 0.25) is 0 Å². The number of H-pyrrole nitrogens is 1. The second kappa shape index (κ2) is 7.75. The molecule has 3 rings (SSSR count). The van der Waals surface area contributed by atoms with Crippen molar-refractivity contribution < 1.29 is 4.79 Å². The van der Waals surface area contributed by atoms with Crippen molar-refractivity contribution in [3.05, 3.63) is 28.3 Å². The Hall–Kier alpha value is -1.66. The van der Waals surface area contributed by atoms with E-state index >= 15 is 0 Å². The largest absolute Gasteiger partial charge is 0.357 e. The zero-order chi connectivity index (χ0) is 16.1. The molecule has 0 unspecified atom stereocenters. The summed E-state index contributed by atoms with van der Waals surface area (Å²) in [4.78, 5) is 22.2. The van der Waals surface area contributed by atoms with Crippen molar-refractivity contribution in [1.82, 2.24) is 20.2 Å². The molecule has 0 radical (unpaired) electrons. The standard InChI is InChI=1S/C17H24N4OS/c1-13-20-16(12-23-13)14-10-15(19-11-14)17(22)18-6-9-21-7-4-2-3-5-8-21/h10-12,19H,2-9H2,1H3,(H,18,22). The number of hydrogen-bond acceptors (Lipinski definition) is 4. The molecule has 0 bridgehead atoms. The fraction of sp³-hybridized carbons (Fsp3) is 0.529. The topological polar surface area (TPSA) is 61.0 Å². The van der Waals surface area contributed by atoms with E-state index < -0.39 is 0 Å². The van der Waals surface area contributed by atoms with Crippen LogP contribution in [-0.4, -0.2) is 47.0 Å². The Balaban J connectivity index is 1.49. The Kier molecular flexibility index (Phi) is 5.46. The molecule has 0 aromatic carbocycles. The molecule has 2 N–H and O–H groups in total. The number of aromatic nitrogens is 2. The molecular weight excluding hydrogens is 308 g/mol. The minimum absolute atomic E-state index is 0.0435. The van der Waals surface area contributed by atoms with Crippen LogP contribution >= 0.6 is 11.3 Å². The maximum absolute atomic E-state index is 12.2. The first-order valence-corrected chi connectivity index (χ1v) is 9.22. The number of carbonyl (C=O) groups excluding carboxylic acids is 1. The average Bonchev–Trinajstić information content (AvgIpc) is 3.11. The first-order chi connectivity index (χ1) is 11.2. The number of thiazole rings is 1. The minimum atomic E-state index is -0.0435. The maximum atomic E-state index is 12.2. The van der Waals surface area contributed by atoms with Gasteiger partial charge in [0.25, 0.3) is 5.91 Å². The second-order valence-electron chi connectivity index (χ2n) is 6.07. The molecule has 2 aromatic rings. The summed E-state index contributed by atoms with van der Waals surface area (Å²) in [6, 6.07) is 1.87. The number of nitrogens with zero attached hydrogens (tertiary/aromatic N) is 2. The molecule has 1 saturated heterocycles. The fourth-order valence-corrected chi connectivity index (χ4v) is 3.57. The number of carbonyl (C=O) groups is 1. The highest BCUT2D eigenvalue weighted by Crippen LogP contribution is 2.22. The van der Waals surface area contributed by atoms with E-state index in [1.165, 1.54) is 25.7 Å². The Bertz CT molecular complexity index is 641. The van der Waals surface area contributed by atoms with Gasteiger partial charge in [-0.25, -0.2) is 4.98 Å². The summed E-state index contributed by atoms with van der Waals surface area (Å²) in [5, 5.41) is 6.05. The predicted octanol–water partition coefficient (Wildman–Crippen LogP) is 3.05. The van der Waals surface area contributed by atoms with Crippen molar-refractivity contribution in [3.63, 3.8) is 0 Å². The van der Waals surface area contributed by atoms with Gasteiger partial charge < -0.3 is 15.2 Å². The number of amides is 1. The number of nitrogens with one attached hydrogen (secondary N) is 2. The highest BCUT2D eigenvalue weighted by molar-refractivity contribution is 7.09. The van der Waals surface area contributed by atoms with Crippen LogP contribution in [0.1, 0.15) is 41.2 Å². The summed E-state index contributed by atoms with van der Waals surface area (Å²) in [6.45, 7) is 5.93. The Labute approximate surface area is 141 Å². The van der Waals surface area contributed by atoms with Crippen LogP contribution in [0.5, 0.6) is 0 Å². The third-order valence-electron chi connectivity index (χ3n) is 4.25. The number of aryl methyl sites for hydroxylation is 1. The van der Waals surface area contributed by atoms with Gasteiger partial charge in [0.05, 0.1) is 10.7 Å². The van der Waals surface area contributed by atoms with Crippen molar-refractivity contribution >= 4 is 17.2 Å². The molecule has 1 aliphatic heterocycles. The van der Waals surface area contributed by atoms with Crippen LogP contribution in [0.4, 0.5) is 0 Å². The van der Waals surface area contributed by atoms with Gasteiger partial charge in [-0.1, -0.05) is 12.8 Å². The van der Waals surface area contributed by atoms with E-state index in [0.717, 1.165) is 35.9 Å². The van der Waals surface area contributed by atoms with E-state index in [4.69, 9.17) is 0 Å². The number of rotatable bonds is 5. The van der Waals surface area contributed by atoms with Gasteiger partial charge >= 0.3 is 0 Å². The molecule has 1 aliphatic rings. The van der Waals surface area contributed by atoms with Crippen molar-refractivity contribution in [2.45, 2.75) is 32.6 Å². The van der Waals surface area contributed by atoms with E-state index in [0.29, 0.717) is 12.2 Å². The Morgan fingerprint density at radius 1 is 1.35 bits per heavy atom. The van der Waals surface area contributed by atoms with Gasteiger partial charge in [-0.2, -0.15) is 0 Å². The summed E-state index contributed by atoms with van der Waals surface area (Å²) in [5.74, 6) is -0.0435. The third-order valence-corrected chi connectivity index (χ3v) is 5.03. The summed E-state index contributed by atoms with van der Waals surface area (Å²) in [6.07, 6.45) is 7.08. The van der Waals surface area contributed by atoms with Crippen LogP contribution in [0.25, 0.3) is 11.3 Å². The summed E-state index contributed by atoms with van der Waals surface area (Å²) < 4.78 is 0. The molecule has 5 nitrogen and oxygen atoms in total. The first-order valence-electron chi connectivity index (χ1n) is 8.34. The lowest BCUT2D eigenvalue weighted by atomic mass is 10.2. The predicted molar refractivity (Wildman–Crippen MR) is 93.9 cm³/mol. The van der Waals surface area contributed by atoms with Crippen LogP contribution in [0.3, 0.4) is 0 Å². The van der Waals surface area contributed by atoms with Gasteiger partial charge in [-0.15, -0.1) is 11.3 Å². The van der Waals surface area contributed by atoms with Crippen LogP contribution in [0.15, 0.2) is 17.6 Å². The second-order valence-corrected chi connectivity index (χ2v) is 7.13. The van der Waals surface area contributed by atoms with Crippen molar-refractivity contribution in [2.24, 2.45) is 0 Å². The van der Waals surface area contributed by atoms with Crippen molar-refractivity contribution in [3.8, 4) is 11.3 Å². The lowest BCUT2D eigenvalue weighted by molar-refractivity contribution is 0.0944. The Morgan fingerprint density at radius 2 is 2.13 bits per heavy atom. The van der Waals surface area contributed by atoms with Crippen molar-refractivity contribution in [2.75, 3.05) is 26.2 Å². The molecule has 0 spiro atoms. The normalized spacial score (nSPS) is 16.2. The molecule has 3 heterocycles. The van der Waals surface area contributed by atoms with Gasteiger partial charge in [-0.3, -0.25) is 4.79 Å². The molecule has 1 fully saturated rings. The van der Waals surface area contributed by atoms with Crippen LogP contribution in [-0.2, 0) is 0 Å².